The fourth-order valence-corrected chi connectivity index (χ4v) is 3.09. The van der Waals surface area contributed by atoms with E-state index >= 15 is 0 Å². The van der Waals surface area contributed by atoms with Crippen LogP contribution in [0.15, 0.2) is 48.5 Å². The molecule has 0 aliphatic carbocycles. The molecule has 2 aromatic carbocycles. The molecule has 0 aromatic heterocycles. The number of benzene rings is 2. The Kier molecular flexibility index (Phi) is 5.92. The van der Waals surface area contributed by atoms with Gasteiger partial charge in [0.05, 0.1) is 6.61 Å². The predicted molar refractivity (Wildman–Crippen MR) is 108 cm³/mol. The molecule has 2 aromatic rings. The van der Waals surface area contributed by atoms with Gasteiger partial charge in [0, 0.05) is 3.57 Å². The van der Waals surface area contributed by atoms with Crippen LogP contribution in [0.3, 0.4) is 0 Å². The molecule has 0 amide bonds. The minimum Gasteiger partial charge on any atom is -0.457 e. The van der Waals surface area contributed by atoms with E-state index in [0.29, 0.717) is 6.61 Å². The second-order valence-electron chi connectivity index (χ2n) is 7.25. The maximum Gasteiger partial charge on any atom is 0.192 e. The highest BCUT2D eigenvalue weighted by Gasteiger charge is 2.36. The van der Waals surface area contributed by atoms with Gasteiger partial charge in [-0.15, -0.1) is 0 Å². The van der Waals surface area contributed by atoms with Crippen LogP contribution in [0.4, 0.5) is 0 Å². The van der Waals surface area contributed by atoms with Crippen molar-refractivity contribution >= 4 is 30.9 Å². The zero-order chi connectivity index (χ0) is 17.1. The van der Waals surface area contributed by atoms with Gasteiger partial charge < -0.3 is 9.16 Å². The standard InChI is InChI=1S/C19H25IO2Si/c1-19(2,3)23(4,5)21-14-15-6-10-17(11-7-15)22-18-12-8-16(20)9-13-18/h6-13H,14H2,1-5H3. The molecule has 0 saturated heterocycles. The van der Waals surface area contributed by atoms with Gasteiger partial charge >= 0.3 is 0 Å². The first-order valence-electron chi connectivity index (χ1n) is 7.84. The summed E-state index contributed by atoms with van der Waals surface area (Å²) in [6.45, 7) is 12.0. The Hall–Kier alpha value is -0.853. The number of ether oxygens (including phenoxy) is 1. The summed E-state index contributed by atoms with van der Waals surface area (Å²) in [7, 11) is -1.70. The number of hydrogen-bond donors (Lipinski definition) is 0. The van der Waals surface area contributed by atoms with Crippen LogP contribution < -0.4 is 4.74 Å². The monoisotopic (exact) mass is 440 g/mol. The molecule has 4 heteroatoms. The van der Waals surface area contributed by atoms with Crippen molar-refractivity contribution in [2.45, 2.75) is 45.5 Å². The molecule has 2 nitrogen and oxygen atoms in total. The molecule has 0 spiro atoms. The van der Waals surface area contributed by atoms with E-state index in [2.05, 4.69) is 68.6 Å². The van der Waals surface area contributed by atoms with Crippen LogP contribution in [0, 0.1) is 3.57 Å². The van der Waals surface area contributed by atoms with Crippen molar-refractivity contribution in [2.75, 3.05) is 0 Å². The minimum atomic E-state index is -1.70. The number of rotatable bonds is 5. The first kappa shape index (κ1) is 18.5. The Balaban J connectivity index is 1.96. The Morgan fingerprint density at radius 3 is 1.83 bits per heavy atom. The van der Waals surface area contributed by atoms with Gasteiger partial charge in [0.15, 0.2) is 8.32 Å². The van der Waals surface area contributed by atoms with Crippen molar-refractivity contribution in [2.24, 2.45) is 0 Å². The number of hydrogen-bond acceptors (Lipinski definition) is 2. The predicted octanol–water partition coefficient (Wildman–Crippen LogP) is 6.61. The Labute approximate surface area is 154 Å². The van der Waals surface area contributed by atoms with E-state index in [4.69, 9.17) is 9.16 Å². The van der Waals surface area contributed by atoms with E-state index in [1.54, 1.807) is 0 Å². The average Bonchev–Trinajstić information content (AvgIpc) is 2.48. The van der Waals surface area contributed by atoms with Crippen molar-refractivity contribution in [3.63, 3.8) is 0 Å². The maximum absolute atomic E-state index is 6.25. The van der Waals surface area contributed by atoms with Crippen LogP contribution in [0.25, 0.3) is 0 Å². The largest absolute Gasteiger partial charge is 0.457 e. The summed E-state index contributed by atoms with van der Waals surface area (Å²) >= 11 is 2.29. The van der Waals surface area contributed by atoms with Crippen molar-refractivity contribution in [3.8, 4) is 11.5 Å². The first-order chi connectivity index (χ1) is 10.7. The summed E-state index contributed by atoms with van der Waals surface area (Å²) in [4.78, 5) is 0. The van der Waals surface area contributed by atoms with E-state index in [9.17, 15) is 0 Å². The fraction of sp³-hybridized carbons (Fsp3) is 0.368. The zero-order valence-electron chi connectivity index (χ0n) is 14.5. The van der Waals surface area contributed by atoms with E-state index < -0.39 is 8.32 Å². The second-order valence-corrected chi connectivity index (χ2v) is 13.3. The normalized spacial score (nSPS) is 12.3. The van der Waals surface area contributed by atoms with Crippen LogP contribution in [0.2, 0.25) is 18.1 Å². The van der Waals surface area contributed by atoms with Crippen molar-refractivity contribution in [1.29, 1.82) is 0 Å². The molecule has 2 rings (SSSR count). The molecule has 0 unspecified atom stereocenters. The molecule has 0 atom stereocenters. The van der Waals surface area contributed by atoms with Crippen LogP contribution in [-0.2, 0) is 11.0 Å². The minimum absolute atomic E-state index is 0.237. The van der Waals surface area contributed by atoms with Gasteiger partial charge in [-0.25, -0.2) is 0 Å². The Morgan fingerprint density at radius 1 is 0.870 bits per heavy atom. The Morgan fingerprint density at radius 2 is 1.35 bits per heavy atom. The summed E-state index contributed by atoms with van der Waals surface area (Å²) in [5.74, 6) is 1.71. The van der Waals surface area contributed by atoms with Gasteiger partial charge in [-0.05, 0) is 82.7 Å². The highest BCUT2D eigenvalue weighted by atomic mass is 127. The summed E-state index contributed by atoms with van der Waals surface area (Å²) < 4.78 is 13.3. The van der Waals surface area contributed by atoms with Gasteiger partial charge in [-0.1, -0.05) is 32.9 Å². The third-order valence-corrected chi connectivity index (χ3v) is 9.58. The summed E-state index contributed by atoms with van der Waals surface area (Å²) in [5, 5.41) is 0.237. The van der Waals surface area contributed by atoms with Crippen molar-refractivity contribution in [1.82, 2.24) is 0 Å². The summed E-state index contributed by atoms with van der Waals surface area (Å²) in [5.41, 5.74) is 1.18. The van der Waals surface area contributed by atoms with Crippen molar-refractivity contribution < 1.29 is 9.16 Å². The molecule has 0 radical (unpaired) electrons. The molecule has 0 heterocycles. The molecule has 0 aliphatic rings. The van der Waals surface area contributed by atoms with E-state index in [-0.39, 0.29) is 5.04 Å². The molecule has 0 aliphatic heterocycles. The van der Waals surface area contributed by atoms with E-state index in [1.165, 1.54) is 9.13 Å². The summed E-state index contributed by atoms with van der Waals surface area (Å²) in [6.07, 6.45) is 0. The molecule has 0 fully saturated rings. The third-order valence-electron chi connectivity index (χ3n) is 4.38. The van der Waals surface area contributed by atoms with Gasteiger partial charge in [-0.3, -0.25) is 0 Å². The highest BCUT2D eigenvalue weighted by Crippen LogP contribution is 2.37. The Bertz CT molecular complexity index is 628. The van der Waals surface area contributed by atoms with Crippen molar-refractivity contribution in [3.05, 3.63) is 57.7 Å². The van der Waals surface area contributed by atoms with Gasteiger partial charge in [-0.2, -0.15) is 0 Å². The third kappa shape index (κ3) is 5.33. The smallest absolute Gasteiger partial charge is 0.192 e. The van der Waals surface area contributed by atoms with Crippen LogP contribution >= 0.6 is 22.6 Å². The van der Waals surface area contributed by atoms with Gasteiger partial charge in [0.2, 0.25) is 0 Å². The molecule has 0 N–H and O–H groups in total. The molecule has 0 bridgehead atoms. The second kappa shape index (κ2) is 7.36. The molecule has 0 saturated carbocycles. The van der Waals surface area contributed by atoms with E-state index in [1.807, 2.05) is 36.4 Å². The van der Waals surface area contributed by atoms with Gasteiger partial charge in [0.1, 0.15) is 11.5 Å². The lowest BCUT2D eigenvalue weighted by molar-refractivity contribution is 0.276. The molecule has 124 valence electrons. The van der Waals surface area contributed by atoms with Crippen LogP contribution in [0.5, 0.6) is 11.5 Å². The lowest BCUT2D eigenvalue weighted by Gasteiger charge is -2.36. The van der Waals surface area contributed by atoms with E-state index in [0.717, 1.165) is 11.5 Å². The lowest BCUT2D eigenvalue weighted by Crippen LogP contribution is -2.40. The molecule has 23 heavy (non-hydrogen) atoms. The van der Waals surface area contributed by atoms with Gasteiger partial charge in [0.25, 0.3) is 0 Å². The summed E-state index contributed by atoms with van der Waals surface area (Å²) in [6, 6.07) is 16.2. The SMILES string of the molecule is CC(C)(C)[Si](C)(C)OCc1ccc(Oc2ccc(I)cc2)cc1. The van der Waals surface area contributed by atoms with Crippen LogP contribution in [-0.4, -0.2) is 8.32 Å². The molecular formula is C19H25IO2Si. The van der Waals surface area contributed by atoms with Crippen LogP contribution in [0.1, 0.15) is 26.3 Å². The maximum atomic E-state index is 6.25. The number of halogens is 1. The zero-order valence-corrected chi connectivity index (χ0v) is 17.7. The first-order valence-corrected chi connectivity index (χ1v) is 11.8. The lowest BCUT2D eigenvalue weighted by atomic mass is 10.2. The average molecular weight is 440 g/mol. The quantitative estimate of drug-likeness (QED) is 0.385. The fourth-order valence-electron chi connectivity index (χ4n) is 1.77. The molecular weight excluding hydrogens is 415 g/mol. The topological polar surface area (TPSA) is 18.5 Å². The highest BCUT2D eigenvalue weighted by molar-refractivity contribution is 14.1.